The van der Waals surface area contributed by atoms with Crippen molar-refractivity contribution in [2.45, 2.75) is 31.5 Å². The zero-order valence-corrected chi connectivity index (χ0v) is 12.4. The number of rotatable bonds is 3. The Bertz CT molecular complexity index is 607. The highest BCUT2D eigenvalue weighted by molar-refractivity contribution is 5.84. The van der Waals surface area contributed by atoms with Crippen LogP contribution in [-0.2, 0) is 9.53 Å². The van der Waals surface area contributed by atoms with E-state index in [9.17, 15) is 4.79 Å². The molecule has 0 radical (unpaired) electrons. The summed E-state index contributed by atoms with van der Waals surface area (Å²) in [5, 5.41) is 0. The van der Waals surface area contributed by atoms with Gasteiger partial charge in [-0.1, -0.05) is 18.2 Å². The van der Waals surface area contributed by atoms with E-state index in [0.29, 0.717) is 0 Å². The van der Waals surface area contributed by atoms with E-state index in [2.05, 4.69) is 0 Å². The van der Waals surface area contributed by atoms with Crippen molar-refractivity contribution in [2.24, 2.45) is 0 Å². The van der Waals surface area contributed by atoms with Crippen molar-refractivity contribution in [1.29, 1.82) is 0 Å². The van der Waals surface area contributed by atoms with Crippen molar-refractivity contribution in [3.8, 4) is 11.5 Å². The van der Waals surface area contributed by atoms with Gasteiger partial charge in [-0.3, -0.25) is 4.79 Å². The summed E-state index contributed by atoms with van der Waals surface area (Å²) in [6, 6.07) is 5.79. The first-order valence-corrected chi connectivity index (χ1v) is 7.83. The molecule has 0 saturated carbocycles. The number of likely N-dealkylation sites (tertiary alicyclic amines) is 1. The molecule has 5 heteroatoms. The van der Waals surface area contributed by atoms with Gasteiger partial charge in [0.05, 0.1) is 0 Å². The van der Waals surface area contributed by atoms with Crippen molar-refractivity contribution in [2.75, 3.05) is 19.9 Å². The molecule has 1 aromatic carbocycles. The van der Waals surface area contributed by atoms with Gasteiger partial charge < -0.3 is 19.1 Å². The van der Waals surface area contributed by atoms with Crippen LogP contribution < -0.4 is 9.47 Å². The van der Waals surface area contributed by atoms with E-state index >= 15 is 0 Å². The van der Waals surface area contributed by atoms with Gasteiger partial charge in [-0.25, -0.2) is 0 Å². The maximum atomic E-state index is 12.3. The SMILES string of the molecule is O=C([C@@H]1O[C@@H]1/C=C/c1ccc2c(c1)OCO2)N1CCCCC1. The number of nitrogens with zero attached hydrogens (tertiary/aromatic N) is 1. The smallest absolute Gasteiger partial charge is 0.254 e. The molecule has 2 fully saturated rings. The zero-order chi connectivity index (χ0) is 14.9. The molecule has 2 atom stereocenters. The third-order valence-electron chi connectivity index (χ3n) is 4.31. The number of carbonyl (C=O) groups excluding carboxylic acids is 1. The highest BCUT2D eigenvalue weighted by atomic mass is 16.7. The molecular weight excluding hydrogens is 282 g/mol. The van der Waals surface area contributed by atoms with Crippen LogP contribution >= 0.6 is 0 Å². The van der Waals surface area contributed by atoms with Gasteiger partial charge in [0.15, 0.2) is 17.6 Å². The maximum absolute atomic E-state index is 12.3. The fourth-order valence-corrected chi connectivity index (χ4v) is 2.99. The van der Waals surface area contributed by atoms with E-state index in [1.165, 1.54) is 6.42 Å². The topological polar surface area (TPSA) is 51.3 Å². The summed E-state index contributed by atoms with van der Waals surface area (Å²) in [6.07, 6.45) is 6.97. The quantitative estimate of drug-likeness (QED) is 0.803. The van der Waals surface area contributed by atoms with Crippen molar-refractivity contribution in [1.82, 2.24) is 4.90 Å². The minimum Gasteiger partial charge on any atom is -0.454 e. The molecule has 22 heavy (non-hydrogen) atoms. The Morgan fingerprint density at radius 1 is 1.14 bits per heavy atom. The number of piperidine rings is 1. The van der Waals surface area contributed by atoms with Crippen LogP contribution in [-0.4, -0.2) is 42.9 Å². The van der Waals surface area contributed by atoms with E-state index in [4.69, 9.17) is 14.2 Å². The Morgan fingerprint density at radius 2 is 1.95 bits per heavy atom. The average molecular weight is 301 g/mol. The summed E-state index contributed by atoms with van der Waals surface area (Å²) in [5.41, 5.74) is 1.02. The van der Waals surface area contributed by atoms with Crippen molar-refractivity contribution >= 4 is 12.0 Å². The van der Waals surface area contributed by atoms with Crippen LogP contribution in [0.15, 0.2) is 24.3 Å². The second-order valence-corrected chi connectivity index (χ2v) is 5.88. The molecule has 4 rings (SSSR count). The molecule has 0 unspecified atom stereocenters. The fourth-order valence-electron chi connectivity index (χ4n) is 2.99. The molecule has 2 saturated heterocycles. The summed E-state index contributed by atoms with van der Waals surface area (Å²) in [5.74, 6) is 1.68. The van der Waals surface area contributed by atoms with Crippen LogP contribution in [0, 0.1) is 0 Å². The molecule has 0 spiro atoms. The summed E-state index contributed by atoms with van der Waals surface area (Å²) < 4.78 is 16.2. The van der Waals surface area contributed by atoms with Gasteiger partial charge in [0.2, 0.25) is 6.79 Å². The number of hydrogen-bond donors (Lipinski definition) is 0. The summed E-state index contributed by atoms with van der Waals surface area (Å²) >= 11 is 0. The van der Waals surface area contributed by atoms with Crippen LogP contribution in [0.25, 0.3) is 6.08 Å². The van der Waals surface area contributed by atoms with E-state index in [0.717, 1.165) is 43.0 Å². The van der Waals surface area contributed by atoms with Gasteiger partial charge in [-0.15, -0.1) is 0 Å². The second kappa shape index (κ2) is 5.65. The molecular formula is C17H19NO4. The molecule has 1 amide bonds. The molecule has 0 bridgehead atoms. The Labute approximate surface area is 129 Å². The first-order valence-electron chi connectivity index (χ1n) is 7.83. The Balaban J connectivity index is 1.35. The lowest BCUT2D eigenvalue weighted by atomic mass is 10.1. The normalized spacial score (nSPS) is 26.5. The van der Waals surface area contributed by atoms with Crippen molar-refractivity contribution < 1.29 is 19.0 Å². The number of epoxide rings is 1. The number of benzene rings is 1. The third kappa shape index (κ3) is 2.68. The van der Waals surface area contributed by atoms with Crippen LogP contribution in [0.1, 0.15) is 24.8 Å². The van der Waals surface area contributed by atoms with Gasteiger partial charge in [-0.05, 0) is 37.0 Å². The Morgan fingerprint density at radius 3 is 2.82 bits per heavy atom. The predicted molar refractivity (Wildman–Crippen MR) is 80.7 cm³/mol. The zero-order valence-electron chi connectivity index (χ0n) is 12.4. The summed E-state index contributed by atoms with van der Waals surface area (Å²) in [7, 11) is 0. The monoisotopic (exact) mass is 301 g/mol. The minimum atomic E-state index is -0.289. The lowest BCUT2D eigenvalue weighted by Crippen LogP contribution is -2.38. The Hall–Kier alpha value is -2.01. The van der Waals surface area contributed by atoms with Crippen LogP contribution in [0.2, 0.25) is 0 Å². The van der Waals surface area contributed by atoms with E-state index in [-0.39, 0.29) is 24.9 Å². The average Bonchev–Trinajstić information content (AvgIpc) is 3.20. The number of amides is 1. The number of ether oxygens (including phenoxy) is 3. The molecule has 0 aromatic heterocycles. The van der Waals surface area contributed by atoms with Crippen molar-refractivity contribution in [3.63, 3.8) is 0 Å². The fraction of sp³-hybridized carbons (Fsp3) is 0.471. The molecule has 0 N–H and O–H groups in total. The van der Waals surface area contributed by atoms with E-state index < -0.39 is 0 Å². The lowest BCUT2D eigenvalue weighted by Gasteiger charge is -2.25. The van der Waals surface area contributed by atoms with Gasteiger partial charge in [0, 0.05) is 13.1 Å². The van der Waals surface area contributed by atoms with Gasteiger partial charge in [-0.2, -0.15) is 0 Å². The van der Waals surface area contributed by atoms with Crippen LogP contribution in [0.3, 0.4) is 0 Å². The first-order chi connectivity index (χ1) is 10.8. The molecule has 3 aliphatic heterocycles. The Kier molecular flexibility index (Phi) is 3.50. The molecule has 1 aromatic rings. The molecule has 5 nitrogen and oxygen atoms in total. The molecule has 3 heterocycles. The van der Waals surface area contributed by atoms with Crippen molar-refractivity contribution in [3.05, 3.63) is 29.8 Å². The first kappa shape index (κ1) is 13.6. The molecule has 3 aliphatic rings. The molecule has 116 valence electrons. The van der Waals surface area contributed by atoms with Gasteiger partial charge >= 0.3 is 0 Å². The van der Waals surface area contributed by atoms with Crippen LogP contribution in [0.4, 0.5) is 0 Å². The van der Waals surface area contributed by atoms with Gasteiger partial charge in [0.25, 0.3) is 5.91 Å². The number of hydrogen-bond acceptors (Lipinski definition) is 4. The van der Waals surface area contributed by atoms with Gasteiger partial charge in [0.1, 0.15) is 6.10 Å². The molecule has 0 aliphatic carbocycles. The van der Waals surface area contributed by atoms with E-state index in [1.807, 2.05) is 35.3 Å². The minimum absolute atomic E-state index is 0.0974. The third-order valence-corrected chi connectivity index (χ3v) is 4.31. The summed E-state index contributed by atoms with van der Waals surface area (Å²) in [4.78, 5) is 14.2. The second-order valence-electron chi connectivity index (χ2n) is 5.88. The number of carbonyl (C=O) groups is 1. The summed E-state index contributed by atoms with van der Waals surface area (Å²) in [6.45, 7) is 2.02. The highest BCUT2D eigenvalue weighted by Crippen LogP contribution is 2.33. The lowest BCUT2D eigenvalue weighted by molar-refractivity contribution is -0.133. The van der Waals surface area contributed by atoms with E-state index in [1.54, 1.807) is 0 Å². The number of fused-ring (bicyclic) bond motifs is 1. The maximum Gasteiger partial charge on any atom is 0.254 e. The largest absolute Gasteiger partial charge is 0.454 e. The highest BCUT2D eigenvalue weighted by Gasteiger charge is 2.45. The standard InChI is InChI=1S/C17H19NO4/c19-17(18-8-2-1-3-9-18)16-14(22-16)7-5-12-4-6-13-15(10-12)21-11-20-13/h4-7,10,14,16H,1-3,8-9,11H2/b7-5+/t14-,16-/m1/s1. The van der Waals surface area contributed by atoms with Crippen LogP contribution in [0.5, 0.6) is 11.5 Å². The predicted octanol–water partition coefficient (Wildman–Crippen LogP) is 2.21.